The van der Waals surface area contributed by atoms with Crippen molar-refractivity contribution < 1.29 is 13.5 Å². The average molecular weight is 300 g/mol. The van der Waals surface area contributed by atoms with E-state index >= 15 is 0 Å². The zero-order valence-electron chi connectivity index (χ0n) is 10.5. The summed E-state index contributed by atoms with van der Waals surface area (Å²) in [7, 11) is -1.49. The van der Waals surface area contributed by atoms with Crippen molar-refractivity contribution in [3.8, 4) is 0 Å². The molecule has 0 amide bonds. The van der Waals surface area contributed by atoms with Crippen molar-refractivity contribution in [1.29, 1.82) is 0 Å². The van der Waals surface area contributed by atoms with Gasteiger partial charge in [0, 0.05) is 12.7 Å². The number of thiocarbonyl (C=S) groups is 1. The van der Waals surface area contributed by atoms with Crippen LogP contribution in [0.3, 0.4) is 0 Å². The molecule has 1 aliphatic heterocycles. The van der Waals surface area contributed by atoms with Crippen molar-refractivity contribution in [2.45, 2.75) is 12.1 Å². The Morgan fingerprint density at radius 3 is 2.53 bits per heavy atom. The molecule has 0 bridgehead atoms. The predicted octanol–water partition coefficient (Wildman–Crippen LogP) is 0.473. The van der Waals surface area contributed by atoms with Gasteiger partial charge in [-0.25, -0.2) is 8.42 Å². The second-order valence-corrected chi connectivity index (χ2v) is 7.16. The largest absolute Gasteiger partial charge is 0.390 e. The molecule has 2 atom stereocenters. The Kier molecular flexibility index (Phi) is 4.07. The van der Waals surface area contributed by atoms with Crippen molar-refractivity contribution in [2.24, 2.45) is 0 Å². The van der Waals surface area contributed by atoms with Crippen LogP contribution in [0.2, 0.25) is 0 Å². The van der Waals surface area contributed by atoms with E-state index in [1.54, 1.807) is 11.9 Å². The monoisotopic (exact) mass is 300 g/mol. The molecule has 1 aliphatic rings. The number of aliphatic hydroxyl groups is 1. The third kappa shape index (κ3) is 3.43. The van der Waals surface area contributed by atoms with Crippen LogP contribution in [0.5, 0.6) is 0 Å². The van der Waals surface area contributed by atoms with Crippen LogP contribution in [0.25, 0.3) is 0 Å². The summed E-state index contributed by atoms with van der Waals surface area (Å²) in [6.45, 7) is 0. The second-order valence-electron chi connectivity index (χ2n) is 4.62. The molecule has 0 aromatic heterocycles. The topological polar surface area (TPSA) is 69.6 Å². The van der Waals surface area contributed by atoms with Gasteiger partial charge in [-0.15, -0.1) is 0 Å². The Hall–Kier alpha value is -1.18. The average Bonchev–Trinajstić information content (AvgIpc) is 2.63. The third-order valence-electron chi connectivity index (χ3n) is 3.14. The SMILES string of the molecule is CN(C(=S)Nc1ccccc1)[C@@H]1CS(=O)(=O)C[C@@H]1O. The van der Waals surface area contributed by atoms with E-state index in [0.717, 1.165) is 5.69 Å². The second kappa shape index (κ2) is 5.44. The van der Waals surface area contributed by atoms with Crippen molar-refractivity contribution in [2.75, 3.05) is 23.9 Å². The Bertz CT molecular complexity index is 560. The lowest BCUT2D eigenvalue weighted by atomic mass is 10.2. The van der Waals surface area contributed by atoms with E-state index < -0.39 is 22.0 Å². The predicted molar refractivity (Wildman–Crippen MR) is 78.9 cm³/mol. The van der Waals surface area contributed by atoms with Crippen molar-refractivity contribution in [1.82, 2.24) is 4.90 Å². The normalized spacial score (nSPS) is 24.9. The third-order valence-corrected chi connectivity index (χ3v) is 5.23. The molecule has 0 aliphatic carbocycles. The van der Waals surface area contributed by atoms with Crippen LogP contribution < -0.4 is 5.32 Å². The minimum absolute atomic E-state index is 0.0682. The van der Waals surface area contributed by atoms with Crippen LogP contribution in [0, 0.1) is 0 Å². The number of hydrogen-bond acceptors (Lipinski definition) is 4. The standard InChI is InChI=1S/C12H16N2O3S2/c1-14(10-7-19(16,17)8-11(10)15)12(18)13-9-5-3-2-4-6-9/h2-6,10-11,15H,7-8H2,1H3,(H,13,18)/t10-,11+/m1/s1. The molecule has 5 nitrogen and oxygen atoms in total. The lowest BCUT2D eigenvalue weighted by molar-refractivity contribution is 0.134. The number of nitrogens with one attached hydrogen (secondary N) is 1. The first-order valence-electron chi connectivity index (χ1n) is 5.86. The first-order chi connectivity index (χ1) is 8.89. The molecule has 1 saturated heterocycles. The quantitative estimate of drug-likeness (QED) is 0.774. The number of nitrogens with zero attached hydrogens (tertiary/aromatic N) is 1. The number of para-hydroxylation sites is 1. The van der Waals surface area contributed by atoms with Gasteiger partial charge in [-0.1, -0.05) is 18.2 Å². The molecular weight excluding hydrogens is 284 g/mol. The van der Waals surface area contributed by atoms with E-state index in [1.165, 1.54) is 0 Å². The van der Waals surface area contributed by atoms with E-state index in [2.05, 4.69) is 5.32 Å². The zero-order valence-corrected chi connectivity index (χ0v) is 12.1. The summed E-state index contributed by atoms with van der Waals surface area (Å²) >= 11 is 5.23. The van der Waals surface area contributed by atoms with Crippen molar-refractivity contribution >= 4 is 32.9 Å². The van der Waals surface area contributed by atoms with Gasteiger partial charge >= 0.3 is 0 Å². The molecule has 0 saturated carbocycles. The molecule has 19 heavy (non-hydrogen) atoms. The van der Waals surface area contributed by atoms with Crippen LogP contribution in [0.15, 0.2) is 30.3 Å². The van der Waals surface area contributed by atoms with Gasteiger partial charge in [0.2, 0.25) is 0 Å². The molecular formula is C12H16N2O3S2. The highest BCUT2D eigenvalue weighted by Crippen LogP contribution is 2.18. The van der Waals surface area contributed by atoms with Crippen LogP contribution in [0.1, 0.15) is 0 Å². The van der Waals surface area contributed by atoms with Gasteiger partial charge in [-0.05, 0) is 24.4 Å². The Morgan fingerprint density at radius 1 is 1.37 bits per heavy atom. The Labute approximate surface area is 118 Å². The number of likely N-dealkylation sites (N-methyl/N-ethyl adjacent to an activating group) is 1. The summed E-state index contributed by atoms with van der Waals surface area (Å²) in [5.74, 6) is -0.267. The summed E-state index contributed by atoms with van der Waals surface area (Å²) in [5, 5.41) is 13.2. The number of sulfone groups is 1. The van der Waals surface area contributed by atoms with E-state index in [-0.39, 0.29) is 11.5 Å². The molecule has 2 N–H and O–H groups in total. The van der Waals surface area contributed by atoms with Crippen LogP contribution in [-0.4, -0.2) is 54.2 Å². The van der Waals surface area contributed by atoms with E-state index in [9.17, 15) is 13.5 Å². The van der Waals surface area contributed by atoms with E-state index in [4.69, 9.17) is 12.2 Å². The maximum Gasteiger partial charge on any atom is 0.173 e. The number of rotatable bonds is 2. The molecule has 104 valence electrons. The lowest BCUT2D eigenvalue weighted by Crippen LogP contribution is -2.45. The van der Waals surface area contributed by atoms with Gasteiger partial charge < -0.3 is 15.3 Å². The smallest absolute Gasteiger partial charge is 0.173 e. The van der Waals surface area contributed by atoms with E-state index in [0.29, 0.717) is 5.11 Å². The summed E-state index contributed by atoms with van der Waals surface area (Å²) in [6, 6.07) is 8.88. The first-order valence-corrected chi connectivity index (χ1v) is 8.09. The van der Waals surface area contributed by atoms with Gasteiger partial charge in [0.25, 0.3) is 0 Å². The minimum atomic E-state index is -3.18. The summed E-state index contributed by atoms with van der Waals surface area (Å²) in [6.07, 6.45) is -0.898. The van der Waals surface area contributed by atoms with Gasteiger partial charge in [0.15, 0.2) is 14.9 Å². The summed E-state index contributed by atoms with van der Waals surface area (Å²) in [5.41, 5.74) is 0.828. The molecule has 2 rings (SSSR count). The maximum atomic E-state index is 11.5. The van der Waals surface area contributed by atoms with Gasteiger partial charge in [-0.2, -0.15) is 0 Å². The van der Waals surface area contributed by atoms with Crippen LogP contribution in [-0.2, 0) is 9.84 Å². The molecule has 0 radical (unpaired) electrons. The van der Waals surface area contributed by atoms with Crippen LogP contribution in [0.4, 0.5) is 5.69 Å². The van der Waals surface area contributed by atoms with Crippen molar-refractivity contribution in [3.05, 3.63) is 30.3 Å². The highest BCUT2D eigenvalue weighted by molar-refractivity contribution is 7.91. The summed E-state index contributed by atoms with van der Waals surface area (Å²) in [4.78, 5) is 1.61. The highest BCUT2D eigenvalue weighted by Gasteiger charge is 2.39. The molecule has 7 heteroatoms. The fraction of sp³-hybridized carbons (Fsp3) is 0.417. The number of benzene rings is 1. The summed E-state index contributed by atoms with van der Waals surface area (Å²) < 4.78 is 23.0. The zero-order chi connectivity index (χ0) is 14.0. The fourth-order valence-corrected chi connectivity index (χ4v) is 4.16. The molecule has 1 aromatic rings. The maximum absolute atomic E-state index is 11.5. The Morgan fingerprint density at radius 2 is 2.00 bits per heavy atom. The van der Waals surface area contributed by atoms with E-state index in [1.807, 2.05) is 30.3 Å². The first kappa shape index (κ1) is 14.2. The molecule has 1 aromatic carbocycles. The Balaban J connectivity index is 2.04. The molecule has 0 unspecified atom stereocenters. The number of hydrogen-bond donors (Lipinski definition) is 2. The van der Waals surface area contributed by atoms with Gasteiger partial charge in [-0.3, -0.25) is 0 Å². The highest BCUT2D eigenvalue weighted by atomic mass is 32.2. The number of aliphatic hydroxyl groups excluding tert-OH is 1. The van der Waals surface area contributed by atoms with Gasteiger partial charge in [0.05, 0.1) is 23.7 Å². The van der Waals surface area contributed by atoms with Crippen LogP contribution >= 0.6 is 12.2 Å². The minimum Gasteiger partial charge on any atom is -0.390 e. The number of anilines is 1. The fourth-order valence-electron chi connectivity index (χ4n) is 2.06. The molecule has 1 heterocycles. The lowest BCUT2D eigenvalue weighted by Gasteiger charge is -2.28. The van der Waals surface area contributed by atoms with Gasteiger partial charge in [0.1, 0.15) is 0 Å². The molecule has 0 spiro atoms. The van der Waals surface area contributed by atoms with Crippen molar-refractivity contribution in [3.63, 3.8) is 0 Å². The molecule has 1 fully saturated rings.